The molecule has 0 radical (unpaired) electrons. The fraction of sp³-hybridized carbons (Fsp3) is 0.0667. The number of esters is 1. The Morgan fingerprint density at radius 2 is 2.00 bits per heavy atom. The van der Waals surface area contributed by atoms with E-state index in [1.807, 2.05) is 43.3 Å². The van der Waals surface area contributed by atoms with Crippen LogP contribution >= 0.6 is 0 Å². The third-order valence-corrected chi connectivity index (χ3v) is 2.83. The van der Waals surface area contributed by atoms with Gasteiger partial charge in [-0.1, -0.05) is 17.7 Å². The SMILES string of the molecule is Cc1ccc(C2=N/C(=C/c3ccc[nH]3)C(=O)O2)cc1. The Kier molecular flexibility index (Phi) is 2.76. The standard InChI is InChI=1S/C15H12N2O2/c1-10-4-6-11(7-5-10)14-17-13(15(18)19-14)9-12-3-2-8-16-12/h2-9,16H,1H3/b13-9+. The molecule has 0 saturated carbocycles. The summed E-state index contributed by atoms with van der Waals surface area (Å²) in [6.07, 6.45) is 3.46. The summed E-state index contributed by atoms with van der Waals surface area (Å²) in [4.78, 5) is 19.0. The lowest BCUT2D eigenvalue weighted by atomic mass is 10.1. The van der Waals surface area contributed by atoms with E-state index < -0.39 is 5.97 Å². The molecule has 2 aromatic rings. The fourth-order valence-corrected chi connectivity index (χ4v) is 1.81. The van der Waals surface area contributed by atoms with E-state index in [9.17, 15) is 4.79 Å². The number of nitrogens with zero attached hydrogens (tertiary/aromatic N) is 1. The Hall–Kier alpha value is -2.62. The van der Waals surface area contributed by atoms with Crippen molar-refractivity contribution in [2.75, 3.05) is 0 Å². The molecule has 0 saturated heterocycles. The summed E-state index contributed by atoms with van der Waals surface area (Å²) in [5.74, 6) is -0.0759. The minimum Gasteiger partial charge on any atom is -0.402 e. The van der Waals surface area contributed by atoms with Gasteiger partial charge in [0.05, 0.1) is 0 Å². The normalized spacial score (nSPS) is 16.6. The van der Waals surface area contributed by atoms with E-state index in [2.05, 4.69) is 9.98 Å². The van der Waals surface area contributed by atoms with Gasteiger partial charge < -0.3 is 9.72 Å². The van der Waals surface area contributed by atoms with Crippen molar-refractivity contribution in [1.82, 2.24) is 4.98 Å². The van der Waals surface area contributed by atoms with Crippen LogP contribution in [0.2, 0.25) is 0 Å². The molecular formula is C15H12N2O2. The number of hydrogen-bond donors (Lipinski definition) is 1. The Balaban J connectivity index is 1.93. The van der Waals surface area contributed by atoms with Crippen molar-refractivity contribution in [3.8, 4) is 0 Å². The highest BCUT2D eigenvalue weighted by molar-refractivity contribution is 6.12. The number of aromatic amines is 1. The lowest BCUT2D eigenvalue weighted by Crippen LogP contribution is -2.05. The van der Waals surface area contributed by atoms with Crippen molar-refractivity contribution in [2.24, 2.45) is 4.99 Å². The second kappa shape index (κ2) is 4.57. The molecule has 0 aliphatic carbocycles. The lowest BCUT2D eigenvalue weighted by molar-refractivity contribution is -0.129. The number of carbonyl (C=O) groups is 1. The highest BCUT2D eigenvalue weighted by atomic mass is 16.6. The Morgan fingerprint density at radius 1 is 1.21 bits per heavy atom. The molecule has 0 unspecified atom stereocenters. The smallest absolute Gasteiger partial charge is 0.363 e. The maximum Gasteiger partial charge on any atom is 0.363 e. The van der Waals surface area contributed by atoms with Gasteiger partial charge in [-0.15, -0.1) is 0 Å². The largest absolute Gasteiger partial charge is 0.402 e. The van der Waals surface area contributed by atoms with E-state index in [1.54, 1.807) is 12.3 Å². The molecule has 0 spiro atoms. The minimum atomic E-state index is -0.426. The zero-order valence-corrected chi connectivity index (χ0v) is 10.4. The first-order valence-electron chi connectivity index (χ1n) is 5.95. The Morgan fingerprint density at radius 3 is 2.68 bits per heavy atom. The maximum absolute atomic E-state index is 11.7. The first-order chi connectivity index (χ1) is 9.22. The fourth-order valence-electron chi connectivity index (χ4n) is 1.81. The van der Waals surface area contributed by atoms with Gasteiger partial charge in [0, 0.05) is 17.5 Å². The van der Waals surface area contributed by atoms with Crippen LogP contribution in [-0.2, 0) is 9.53 Å². The van der Waals surface area contributed by atoms with Crippen molar-refractivity contribution < 1.29 is 9.53 Å². The van der Waals surface area contributed by atoms with Crippen LogP contribution < -0.4 is 0 Å². The third kappa shape index (κ3) is 2.33. The van der Waals surface area contributed by atoms with Crippen LogP contribution in [0.3, 0.4) is 0 Å². The number of nitrogens with one attached hydrogen (secondary N) is 1. The summed E-state index contributed by atoms with van der Waals surface area (Å²) in [6.45, 7) is 2.00. The molecule has 2 heterocycles. The Labute approximate surface area is 110 Å². The summed E-state index contributed by atoms with van der Waals surface area (Å²) >= 11 is 0. The van der Waals surface area contributed by atoms with Crippen LogP contribution in [0, 0.1) is 6.92 Å². The van der Waals surface area contributed by atoms with Gasteiger partial charge in [-0.2, -0.15) is 0 Å². The first-order valence-corrected chi connectivity index (χ1v) is 5.95. The summed E-state index contributed by atoms with van der Waals surface area (Å²) in [6, 6.07) is 11.4. The van der Waals surface area contributed by atoms with Crippen LogP contribution in [0.4, 0.5) is 0 Å². The number of rotatable bonds is 2. The van der Waals surface area contributed by atoms with Crippen molar-refractivity contribution in [1.29, 1.82) is 0 Å². The minimum absolute atomic E-state index is 0.304. The number of benzene rings is 1. The topological polar surface area (TPSA) is 54.5 Å². The molecule has 1 aromatic carbocycles. The van der Waals surface area contributed by atoms with Gasteiger partial charge in [-0.25, -0.2) is 9.79 Å². The van der Waals surface area contributed by atoms with Crippen molar-refractivity contribution in [3.63, 3.8) is 0 Å². The van der Waals surface area contributed by atoms with Crippen LogP contribution in [0.5, 0.6) is 0 Å². The summed E-state index contributed by atoms with van der Waals surface area (Å²) < 4.78 is 5.18. The van der Waals surface area contributed by atoms with Crippen molar-refractivity contribution in [2.45, 2.75) is 6.92 Å². The number of H-pyrrole nitrogens is 1. The molecule has 0 bridgehead atoms. The number of aromatic nitrogens is 1. The molecule has 1 N–H and O–H groups in total. The highest BCUT2D eigenvalue weighted by Crippen LogP contribution is 2.18. The van der Waals surface area contributed by atoms with E-state index in [0.29, 0.717) is 11.6 Å². The van der Waals surface area contributed by atoms with Gasteiger partial charge in [0.1, 0.15) is 0 Å². The molecule has 1 aromatic heterocycles. The third-order valence-electron chi connectivity index (χ3n) is 2.83. The van der Waals surface area contributed by atoms with Crippen LogP contribution in [0.25, 0.3) is 6.08 Å². The lowest BCUT2D eigenvalue weighted by Gasteiger charge is -1.99. The highest BCUT2D eigenvalue weighted by Gasteiger charge is 2.23. The second-order valence-corrected chi connectivity index (χ2v) is 4.33. The van der Waals surface area contributed by atoms with Gasteiger partial charge in [0.15, 0.2) is 5.70 Å². The van der Waals surface area contributed by atoms with Crippen LogP contribution in [-0.4, -0.2) is 16.9 Å². The van der Waals surface area contributed by atoms with E-state index in [4.69, 9.17) is 4.74 Å². The molecule has 0 amide bonds. The van der Waals surface area contributed by atoms with Crippen LogP contribution in [0.15, 0.2) is 53.3 Å². The molecule has 4 heteroatoms. The molecule has 3 rings (SSSR count). The molecule has 19 heavy (non-hydrogen) atoms. The maximum atomic E-state index is 11.7. The first kappa shape index (κ1) is 11.5. The predicted molar refractivity (Wildman–Crippen MR) is 72.6 cm³/mol. The number of aryl methyl sites for hydroxylation is 1. The van der Waals surface area contributed by atoms with Crippen LogP contribution in [0.1, 0.15) is 16.8 Å². The van der Waals surface area contributed by atoms with E-state index in [1.165, 1.54) is 0 Å². The summed E-state index contributed by atoms with van der Waals surface area (Å²) in [5, 5.41) is 0. The van der Waals surface area contributed by atoms with E-state index >= 15 is 0 Å². The van der Waals surface area contributed by atoms with E-state index in [-0.39, 0.29) is 0 Å². The molecular weight excluding hydrogens is 240 g/mol. The molecule has 0 fully saturated rings. The van der Waals surface area contributed by atoms with Gasteiger partial charge in [-0.05, 0) is 37.3 Å². The quantitative estimate of drug-likeness (QED) is 0.660. The number of carbonyl (C=O) groups excluding carboxylic acids is 1. The average Bonchev–Trinajstić information content (AvgIpc) is 3.02. The number of aliphatic imine (C=N–C) groups is 1. The zero-order valence-electron chi connectivity index (χ0n) is 10.4. The van der Waals surface area contributed by atoms with Gasteiger partial charge in [0.2, 0.25) is 5.90 Å². The Bertz CT molecular complexity index is 665. The molecule has 1 aliphatic rings. The average molecular weight is 252 g/mol. The number of hydrogen-bond acceptors (Lipinski definition) is 3. The molecule has 1 aliphatic heterocycles. The molecule has 94 valence electrons. The van der Waals surface area contributed by atoms with Gasteiger partial charge in [-0.3, -0.25) is 0 Å². The molecule has 4 nitrogen and oxygen atoms in total. The second-order valence-electron chi connectivity index (χ2n) is 4.33. The monoisotopic (exact) mass is 252 g/mol. The number of ether oxygens (including phenoxy) is 1. The van der Waals surface area contributed by atoms with Crippen molar-refractivity contribution >= 4 is 17.9 Å². The summed E-state index contributed by atoms with van der Waals surface area (Å²) in [7, 11) is 0. The zero-order chi connectivity index (χ0) is 13.2. The number of cyclic esters (lactones) is 1. The van der Waals surface area contributed by atoms with Gasteiger partial charge in [0.25, 0.3) is 0 Å². The molecule has 0 atom stereocenters. The predicted octanol–water partition coefficient (Wildman–Crippen LogP) is 2.67. The van der Waals surface area contributed by atoms with E-state index in [0.717, 1.165) is 16.8 Å². The van der Waals surface area contributed by atoms with Crippen molar-refractivity contribution in [3.05, 3.63) is 65.1 Å². The van der Waals surface area contributed by atoms with Gasteiger partial charge >= 0.3 is 5.97 Å². The summed E-state index contributed by atoms with van der Waals surface area (Å²) in [5.41, 5.74) is 3.07.